The maximum absolute atomic E-state index is 10.00. The number of nitrogens with two attached hydrogens (primary N) is 1. The summed E-state index contributed by atoms with van der Waals surface area (Å²) in [6.07, 6.45) is 2.27. The Morgan fingerprint density at radius 1 is 1.38 bits per heavy atom. The number of hydrogen-bond donors (Lipinski definition) is 3. The summed E-state index contributed by atoms with van der Waals surface area (Å²) >= 11 is 0. The Labute approximate surface area is 128 Å². The molecule has 2 rings (SSSR count). The molecule has 1 aromatic rings. The Hall–Kier alpha value is -1.10. The fourth-order valence-electron chi connectivity index (χ4n) is 3.12. The Morgan fingerprint density at radius 2 is 2.14 bits per heavy atom. The zero-order valence-electron chi connectivity index (χ0n) is 13.3. The molecule has 1 aliphatic heterocycles. The van der Waals surface area contributed by atoms with Crippen LogP contribution in [0.4, 0.5) is 0 Å². The highest BCUT2D eigenvalue weighted by Gasteiger charge is 2.28. The number of aliphatic hydroxyl groups excluding tert-OH is 1. The van der Waals surface area contributed by atoms with Crippen molar-refractivity contribution in [1.29, 1.82) is 0 Å². The zero-order valence-corrected chi connectivity index (χ0v) is 13.3. The second-order valence-corrected chi connectivity index (χ2v) is 6.14. The van der Waals surface area contributed by atoms with Gasteiger partial charge in [0.15, 0.2) is 0 Å². The molecule has 0 spiro atoms. The first-order valence-electron chi connectivity index (χ1n) is 8.22. The first-order valence-corrected chi connectivity index (χ1v) is 8.22. The van der Waals surface area contributed by atoms with Crippen LogP contribution in [0.15, 0.2) is 24.3 Å². The number of likely N-dealkylation sites (N-methyl/N-ethyl adjacent to an activating group) is 1. The lowest BCUT2D eigenvalue weighted by Gasteiger charge is -2.19. The number of likely N-dealkylation sites (tertiary alicyclic amines) is 1. The number of ether oxygens (including phenoxy) is 1. The standard InChI is InChI=1S/C17H28N2O2/c1-3-19-10-4-5-15(19)11-18-12-16(20)13-21-17-8-6-14(2)7-9-17/h6-9,15-16,18,20H,3-5,10-13H2,1-2H3/p+2/t15-,16+/m1/s1. The Balaban J connectivity index is 1.61. The van der Waals surface area contributed by atoms with E-state index in [0.717, 1.165) is 24.9 Å². The minimum absolute atomic E-state index is 0.370. The lowest BCUT2D eigenvalue weighted by Crippen LogP contribution is -3.16. The highest BCUT2D eigenvalue weighted by molar-refractivity contribution is 5.26. The average Bonchev–Trinajstić information content (AvgIpc) is 2.94. The Kier molecular flexibility index (Phi) is 6.49. The summed E-state index contributed by atoms with van der Waals surface area (Å²) in [7, 11) is 0. The van der Waals surface area contributed by atoms with Crippen molar-refractivity contribution in [2.24, 2.45) is 0 Å². The molecule has 0 amide bonds. The lowest BCUT2D eigenvalue weighted by molar-refractivity contribution is -0.924. The van der Waals surface area contributed by atoms with E-state index in [1.54, 1.807) is 4.90 Å². The van der Waals surface area contributed by atoms with Crippen molar-refractivity contribution in [3.8, 4) is 5.75 Å². The van der Waals surface area contributed by atoms with Gasteiger partial charge >= 0.3 is 0 Å². The van der Waals surface area contributed by atoms with Crippen LogP contribution in [0.1, 0.15) is 25.3 Å². The van der Waals surface area contributed by atoms with Gasteiger partial charge in [-0.1, -0.05) is 17.7 Å². The molecule has 0 aliphatic carbocycles. The van der Waals surface area contributed by atoms with Crippen molar-refractivity contribution < 1.29 is 20.1 Å². The quantitative estimate of drug-likeness (QED) is 0.598. The van der Waals surface area contributed by atoms with Crippen LogP contribution in [0.5, 0.6) is 5.75 Å². The van der Waals surface area contributed by atoms with E-state index in [0.29, 0.717) is 6.61 Å². The van der Waals surface area contributed by atoms with Crippen molar-refractivity contribution >= 4 is 0 Å². The molecule has 118 valence electrons. The van der Waals surface area contributed by atoms with E-state index < -0.39 is 6.10 Å². The van der Waals surface area contributed by atoms with Crippen molar-refractivity contribution in [2.45, 2.75) is 38.8 Å². The van der Waals surface area contributed by atoms with E-state index in [2.05, 4.69) is 19.2 Å². The molecule has 1 saturated heterocycles. The number of aryl methyl sites for hydroxylation is 1. The number of benzene rings is 1. The highest BCUT2D eigenvalue weighted by atomic mass is 16.5. The number of hydrogen-bond acceptors (Lipinski definition) is 2. The van der Waals surface area contributed by atoms with Crippen LogP contribution < -0.4 is 15.0 Å². The average molecular weight is 294 g/mol. The van der Waals surface area contributed by atoms with Gasteiger partial charge < -0.3 is 20.1 Å². The van der Waals surface area contributed by atoms with Crippen LogP contribution in [0.3, 0.4) is 0 Å². The minimum Gasteiger partial charge on any atom is -0.491 e. The fraction of sp³-hybridized carbons (Fsp3) is 0.647. The molecule has 1 unspecified atom stereocenters. The molecule has 3 atom stereocenters. The zero-order chi connectivity index (χ0) is 15.1. The van der Waals surface area contributed by atoms with Crippen molar-refractivity contribution in [1.82, 2.24) is 0 Å². The fourth-order valence-corrected chi connectivity index (χ4v) is 3.12. The van der Waals surface area contributed by atoms with Crippen molar-refractivity contribution in [2.75, 3.05) is 32.8 Å². The lowest BCUT2D eigenvalue weighted by atomic mass is 10.2. The molecule has 1 aliphatic rings. The summed E-state index contributed by atoms with van der Waals surface area (Å²) < 4.78 is 5.61. The third-order valence-corrected chi connectivity index (χ3v) is 4.44. The summed E-state index contributed by atoms with van der Waals surface area (Å²) in [6, 6.07) is 8.71. The van der Waals surface area contributed by atoms with Gasteiger partial charge in [0.2, 0.25) is 0 Å². The minimum atomic E-state index is -0.405. The molecular formula is C17H30N2O2+2. The first kappa shape index (κ1) is 16.3. The molecule has 21 heavy (non-hydrogen) atoms. The molecule has 0 aromatic heterocycles. The maximum atomic E-state index is 10.00. The van der Waals surface area contributed by atoms with Crippen molar-refractivity contribution in [3.05, 3.63) is 29.8 Å². The third kappa shape index (κ3) is 5.30. The smallest absolute Gasteiger partial charge is 0.137 e. The summed E-state index contributed by atoms with van der Waals surface area (Å²) in [5, 5.41) is 12.2. The SMILES string of the molecule is CC[NH+]1CCC[C@@H]1C[NH2+]C[C@H](O)COc1ccc(C)cc1. The first-order chi connectivity index (χ1) is 10.2. The van der Waals surface area contributed by atoms with Gasteiger partial charge in [-0.15, -0.1) is 0 Å². The van der Waals surface area contributed by atoms with Crippen molar-refractivity contribution in [3.63, 3.8) is 0 Å². The van der Waals surface area contributed by atoms with Crippen LogP contribution in [0.2, 0.25) is 0 Å². The number of rotatable bonds is 8. The number of quaternary nitrogens is 2. The molecule has 0 saturated carbocycles. The molecule has 4 N–H and O–H groups in total. The van der Waals surface area contributed by atoms with Gasteiger partial charge in [0.1, 0.15) is 37.6 Å². The van der Waals surface area contributed by atoms with Gasteiger partial charge in [0, 0.05) is 12.8 Å². The monoisotopic (exact) mass is 294 g/mol. The van der Waals surface area contributed by atoms with Crippen LogP contribution in [0.25, 0.3) is 0 Å². The normalized spacial score (nSPS) is 23.2. The predicted molar refractivity (Wildman–Crippen MR) is 83.7 cm³/mol. The molecular weight excluding hydrogens is 264 g/mol. The van der Waals surface area contributed by atoms with E-state index in [1.165, 1.54) is 31.5 Å². The molecule has 1 aromatic carbocycles. The number of nitrogens with one attached hydrogen (secondary N) is 1. The van der Waals surface area contributed by atoms with Gasteiger partial charge in [0.05, 0.1) is 13.1 Å². The van der Waals surface area contributed by atoms with E-state index in [4.69, 9.17) is 4.74 Å². The van der Waals surface area contributed by atoms with Gasteiger partial charge in [0.25, 0.3) is 0 Å². The Morgan fingerprint density at radius 3 is 2.86 bits per heavy atom. The van der Waals surface area contributed by atoms with E-state index >= 15 is 0 Å². The summed E-state index contributed by atoms with van der Waals surface area (Å²) in [5.74, 6) is 0.831. The van der Waals surface area contributed by atoms with Gasteiger partial charge in [-0.3, -0.25) is 0 Å². The van der Waals surface area contributed by atoms with E-state index in [-0.39, 0.29) is 0 Å². The molecule has 4 heteroatoms. The van der Waals surface area contributed by atoms with E-state index in [1.807, 2.05) is 24.3 Å². The van der Waals surface area contributed by atoms with Gasteiger partial charge in [-0.2, -0.15) is 0 Å². The highest BCUT2D eigenvalue weighted by Crippen LogP contribution is 2.11. The van der Waals surface area contributed by atoms with Crippen LogP contribution >= 0.6 is 0 Å². The topological polar surface area (TPSA) is 50.5 Å². The maximum Gasteiger partial charge on any atom is 0.137 e. The van der Waals surface area contributed by atoms with Gasteiger partial charge in [-0.25, -0.2) is 0 Å². The molecule has 0 radical (unpaired) electrons. The summed E-state index contributed by atoms with van der Waals surface area (Å²) in [5.41, 5.74) is 1.22. The second kappa shape index (κ2) is 8.37. The van der Waals surface area contributed by atoms with Gasteiger partial charge in [-0.05, 0) is 26.0 Å². The Bertz CT molecular complexity index is 408. The number of aliphatic hydroxyl groups is 1. The van der Waals surface area contributed by atoms with E-state index in [9.17, 15) is 5.11 Å². The van der Waals surface area contributed by atoms with Crippen LogP contribution in [-0.2, 0) is 0 Å². The summed E-state index contributed by atoms with van der Waals surface area (Å²) in [6.45, 7) is 9.06. The summed E-state index contributed by atoms with van der Waals surface area (Å²) in [4.78, 5) is 1.72. The molecule has 1 fully saturated rings. The molecule has 1 heterocycles. The molecule has 0 bridgehead atoms. The van der Waals surface area contributed by atoms with Crippen LogP contribution in [-0.4, -0.2) is 50.0 Å². The third-order valence-electron chi connectivity index (χ3n) is 4.44. The second-order valence-electron chi connectivity index (χ2n) is 6.14. The van der Waals surface area contributed by atoms with Crippen LogP contribution in [0, 0.1) is 6.92 Å². The molecule has 4 nitrogen and oxygen atoms in total. The largest absolute Gasteiger partial charge is 0.491 e. The predicted octanol–water partition coefficient (Wildman–Crippen LogP) is -0.635.